The van der Waals surface area contributed by atoms with Gasteiger partial charge >= 0.3 is 10.1 Å². The Labute approximate surface area is 127 Å². The lowest BCUT2D eigenvalue weighted by Gasteiger charge is -2.10. The Kier molecular flexibility index (Phi) is 4.78. The van der Waals surface area contributed by atoms with Gasteiger partial charge in [-0.1, -0.05) is 30.3 Å². The van der Waals surface area contributed by atoms with Gasteiger partial charge in [-0.25, -0.2) is 17.6 Å². The molecule has 2 rings (SSSR count). The molecule has 3 nitrogen and oxygen atoms in total. The first-order valence-corrected chi connectivity index (χ1v) is 8.16. The van der Waals surface area contributed by atoms with Crippen LogP contribution in [0.15, 0.2) is 40.1 Å². The van der Waals surface area contributed by atoms with Crippen molar-refractivity contribution in [1.29, 1.82) is 0 Å². The quantitative estimate of drug-likeness (QED) is 0.394. The molecule has 0 unspecified atom stereocenters. The van der Waals surface area contributed by atoms with Crippen molar-refractivity contribution in [2.24, 2.45) is 0 Å². The van der Waals surface area contributed by atoms with E-state index in [0.717, 1.165) is 0 Å². The zero-order valence-electron chi connectivity index (χ0n) is 10.7. The van der Waals surface area contributed by atoms with Crippen molar-refractivity contribution >= 4 is 21.9 Å². The van der Waals surface area contributed by atoms with Gasteiger partial charge in [-0.3, -0.25) is 4.55 Å². The Morgan fingerprint density at radius 3 is 1.86 bits per heavy atom. The molecule has 0 heterocycles. The van der Waals surface area contributed by atoms with E-state index in [9.17, 15) is 26.0 Å². The highest BCUT2D eigenvalue weighted by Gasteiger charge is 2.32. The standard InChI is InChI=1S/C13H8F4O3S2/c14-8-10(16)13(22(18,19)20)11(17)9(15)12(8)21-6-7-4-2-1-3-5-7/h1-5H,6H2,(H,18,19,20). The van der Waals surface area contributed by atoms with Crippen molar-refractivity contribution < 1.29 is 30.5 Å². The second-order valence-electron chi connectivity index (χ2n) is 4.16. The number of benzene rings is 2. The van der Waals surface area contributed by atoms with Crippen molar-refractivity contribution in [2.45, 2.75) is 15.5 Å². The molecule has 0 fully saturated rings. The average molecular weight is 352 g/mol. The van der Waals surface area contributed by atoms with Crippen LogP contribution in [0.5, 0.6) is 0 Å². The van der Waals surface area contributed by atoms with Crippen LogP contribution < -0.4 is 0 Å². The summed E-state index contributed by atoms with van der Waals surface area (Å²) in [4.78, 5) is -3.03. The highest BCUT2D eigenvalue weighted by molar-refractivity contribution is 7.98. The number of hydrogen-bond acceptors (Lipinski definition) is 3. The second kappa shape index (κ2) is 6.27. The molecule has 1 N–H and O–H groups in total. The van der Waals surface area contributed by atoms with Gasteiger partial charge in [-0.15, -0.1) is 11.8 Å². The third-order valence-electron chi connectivity index (χ3n) is 2.67. The van der Waals surface area contributed by atoms with Crippen LogP contribution >= 0.6 is 11.8 Å². The lowest BCUT2D eigenvalue weighted by molar-refractivity contribution is 0.384. The monoisotopic (exact) mass is 352 g/mol. The number of halogens is 4. The van der Waals surface area contributed by atoms with Crippen LogP contribution in [0.2, 0.25) is 0 Å². The van der Waals surface area contributed by atoms with Gasteiger partial charge in [-0.05, 0) is 5.56 Å². The molecule has 0 saturated carbocycles. The number of thioether (sulfide) groups is 1. The lowest BCUT2D eigenvalue weighted by Crippen LogP contribution is -2.11. The summed E-state index contributed by atoms with van der Waals surface area (Å²) < 4.78 is 85.0. The molecule has 0 aliphatic rings. The molecule has 0 bridgehead atoms. The Bertz CT molecular complexity index is 779. The smallest absolute Gasteiger partial charge is 0.282 e. The predicted octanol–water partition coefficient (Wildman–Crippen LogP) is 3.78. The van der Waals surface area contributed by atoms with Crippen molar-refractivity contribution in [1.82, 2.24) is 0 Å². The van der Waals surface area contributed by atoms with Crippen LogP contribution in [0.25, 0.3) is 0 Å². The maximum atomic E-state index is 13.8. The molecule has 0 aliphatic carbocycles. The Morgan fingerprint density at radius 2 is 1.41 bits per heavy atom. The van der Waals surface area contributed by atoms with Crippen LogP contribution in [-0.2, 0) is 15.9 Å². The fourth-order valence-corrected chi connectivity index (χ4v) is 3.24. The highest BCUT2D eigenvalue weighted by Crippen LogP contribution is 2.34. The van der Waals surface area contributed by atoms with Crippen molar-refractivity contribution in [3.05, 3.63) is 59.2 Å². The van der Waals surface area contributed by atoms with Gasteiger partial charge in [0.1, 0.15) is 0 Å². The van der Waals surface area contributed by atoms with Gasteiger partial charge in [0, 0.05) is 5.75 Å². The fourth-order valence-electron chi connectivity index (χ4n) is 1.67. The zero-order chi connectivity index (χ0) is 16.5. The maximum absolute atomic E-state index is 13.8. The molecule has 0 spiro atoms. The minimum Gasteiger partial charge on any atom is -0.282 e. The van der Waals surface area contributed by atoms with Crippen molar-refractivity contribution in [3.8, 4) is 0 Å². The first-order chi connectivity index (χ1) is 10.2. The summed E-state index contributed by atoms with van der Waals surface area (Å²) in [5, 5.41) is 0. The fraction of sp³-hybridized carbons (Fsp3) is 0.0769. The molecule has 0 saturated heterocycles. The van der Waals surface area contributed by atoms with Crippen LogP contribution in [-0.4, -0.2) is 13.0 Å². The molecule has 2 aromatic carbocycles. The van der Waals surface area contributed by atoms with Crippen LogP contribution in [0.4, 0.5) is 17.6 Å². The van der Waals surface area contributed by atoms with E-state index in [2.05, 4.69) is 0 Å². The van der Waals surface area contributed by atoms with Crippen molar-refractivity contribution in [2.75, 3.05) is 0 Å². The topological polar surface area (TPSA) is 54.4 Å². The summed E-state index contributed by atoms with van der Waals surface area (Å²) in [6, 6.07) is 8.34. The first-order valence-electron chi connectivity index (χ1n) is 5.73. The third-order valence-corrected chi connectivity index (χ3v) is 4.67. The molecule has 0 amide bonds. The van der Waals surface area contributed by atoms with Crippen LogP contribution in [0.1, 0.15) is 5.56 Å². The summed E-state index contributed by atoms with van der Waals surface area (Å²) in [5.74, 6) is -8.03. The SMILES string of the molecule is O=S(=O)(O)c1c(F)c(F)c(SCc2ccccc2)c(F)c1F. The van der Waals surface area contributed by atoms with E-state index in [-0.39, 0.29) is 5.75 Å². The Balaban J connectivity index is 2.46. The molecule has 0 aromatic heterocycles. The molecular weight excluding hydrogens is 344 g/mol. The Hall–Kier alpha value is -1.58. The minimum atomic E-state index is -5.43. The second-order valence-corrected chi connectivity index (χ2v) is 6.51. The minimum absolute atomic E-state index is 0.0127. The summed E-state index contributed by atoms with van der Waals surface area (Å²) in [5.41, 5.74) is 0.644. The van der Waals surface area contributed by atoms with Gasteiger partial charge in [0.05, 0.1) is 4.90 Å². The van der Waals surface area contributed by atoms with Crippen LogP contribution in [0, 0.1) is 23.3 Å². The van der Waals surface area contributed by atoms with Gasteiger partial charge in [-0.2, -0.15) is 8.42 Å². The van der Waals surface area contributed by atoms with Gasteiger partial charge < -0.3 is 0 Å². The van der Waals surface area contributed by atoms with Crippen molar-refractivity contribution in [3.63, 3.8) is 0 Å². The summed E-state index contributed by atoms with van der Waals surface area (Å²) >= 11 is 0.468. The van der Waals surface area contributed by atoms with Gasteiger partial charge in [0.2, 0.25) is 0 Å². The average Bonchev–Trinajstić information content (AvgIpc) is 2.45. The first kappa shape index (κ1) is 16.8. The molecule has 0 atom stereocenters. The normalized spacial score (nSPS) is 11.7. The summed E-state index contributed by atoms with van der Waals surface area (Å²) in [7, 11) is -5.43. The molecule has 2 aromatic rings. The third kappa shape index (κ3) is 3.26. The van der Waals surface area contributed by atoms with Gasteiger partial charge in [0.15, 0.2) is 28.2 Å². The number of rotatable bonds is 4. The van der Waals surface area contributed by atoms with E-state index in [1.807, 2.05) is 0 Å². The largest absolute Gasteiger partial charge is 0.300 e. The van der Waals surface area contributed by atoms with E-state index in [4.69, 9.17) is 4.55 Å². The van der Waals surface area contributed by atoms with Crippen LogP contribution in [0.3, 0.4) is 0 Å². The van der Waals surface area contributed by atoms with E-state index in [1.165, 1.54) is 0 Å². The van der Waals surface area contributed by atoms with E-state index in [0.29, 0.717) is 17.3 Å². The maximum Gasteiger partial charge on any atom is 0.300 e. The summed E-state index contributed by atoms with van der Waals surface area (Å²) in [6.45, 7) is 0. The van der Waals surface area contributed by atoms with Gasteiger partial charge in [0.25, 0.3) is 0 Å². The summed E-state index contributed by atoms with van der Waals surface area (Å²) in [6.07, 6.45) is 0. The predicted molar refractivity (Wildman–Crippen MR) is 72.1 cm³/mol. The molecular formula is C13H8F4O3S2. The molecule has 9 heteroatoms. The zero-order valence-corrected chi connectivity index (χ0v) is 12.3. The highest BCUT2D eigenvalue weighted by atomic mass is 32.2. The Morgan fingerprint density at radius 1 is 0.909 bits per heavy atom. The van der Waals surface area contributed by atoms with E-state index < -0.39 is 43.2 Å². The molecule has 0 aliphatic heterocycles. The van der Waals surface area contributed by atoms with E-state index in [1.54, 1.807) is 30.3 Å². The number of hydrogen-bond donors (Lipinski definition) is 1. The molecule has 0 radical (unpaired) electrons. The molecule has 22 heavy (non-hydrogen) atoms. The van der Waals surface area contributed by atoms with E-state index >= 15 is 0 Å². The molecule has 118 valence electrons. The lowest BCUT2D eigenvalue weighted by atomic mass is 10.2.